The molecule has 1 aliphatic heterocycles. The van der Waals surface area contributed by atoms with Crippen molar-refractivity contribution in [3.63, 3.8) is 0 Å². The van der Waals surface area contributed by atoms with Crippen LogP contribution in [-0.4, -0.2) is 27.5 Å². The van der Waals surface area contributed by atoms with Gasteiger partial charge in [0.2, 0.25) is 5.96 Å². The maximum absolute atomic E-state index is 5.93. The number of aromatic nitrogens is 2. The Balaban J connectivity index is 2.06. The molecule has 1 aromatic heterocycles. The highest BCUT2D eigenvalue weighted by Gasteiger charge is 2.21. The van der Waals surface area contributed by atoms with Crippen molar-refractivity contribution >= 4 is 35.5 Å². The Morgan fingerprint density at radius 1 is 1.33 bits per heavy atom. The van der Waals surface area contributed by atoms with Crippen LogP contribution in [0.5, 0.6) is 0 Å². The summed E-state index contributed by atoms with van der Waals surface area (Å²) in [5.74, 6) is 0.932. The molecule has 0 radical (unpaired) electrons. The fourth-order valence-corrected chi connectivity index (χ4v) is 3.18. The van der Waals surface area contributed by atoms with Crippen LogP contribution in [0.3, 0.4) is 0 Å². The molecule has 6 nitrogen and oxygen atoms in total. The van der Waals surface area contributed by atoms with Crippen molar-refractivity contribution in [1.82, 2.24) is 9.55 Å². The van der Waals surface area contributed by atoms with Crippen LogP contribution >= 0.6 is 23.4 Å². The van der Waals surface area contributed by atoms with E-state index in [4.69, 9.17) is 23.1 Å². The zero-order chi connectivity index (χ0) is 14.8. The molecule has 21 heavy (non-hydrogen) atoms. The summed E-state index contributed by atoms with van der Waals surface area (Å²) in [5.41, 5.74) is 13.3. The number of rotatable bonds is 3. The lowest BCUT2D eigenvalue weighted by molar-refractivity contribution is 0.715. The van der Waals surface area contributed by atoms with Gasteiger partial charge >= 0.3 is 0 Å². The lowest BCUT2D eigenvalue weighted by atomic mass is 10.1. The van der Waals surface area contributed by atoms with Crippen molar-refractivity contribution in [2.75, 3.05) is 5.75 Å². The van der Waals surface area contributed by atoms with Crippen LogP contribution in [0, 0.1) is 0 Å². The van der Waals surface area contributed by atoms with Crippen molar-refractivity contribution in [3.8, 4) is 11.3 Å². The Bertz CT molecular complexity index is 715. The largest absolute Gasteiger partial charge is 0.369 e. The molecule has 0 aliphatic carbocycles. The molecule has 0 saturated carbocycles. The molecule has 1 aromatic carbocycles. The lowest BCUT2D eigenvalue weighted by Gasteiger charge is -2.02. The number of hydrogen-bond donors (Lipinski definition) is 2. The maximum atomic E-state index is 5.93. The Labute approximate surface area is 130 Å². The third-order valence-corrected chi connectivity index (χ3v) is 4.20. The van der Waals surface area contributed by atoms with E-state index < -0.39 is 0 Å². The van der Waals surface area contributed by atoms with Gasteiger partial charge in [0, 0.05) is 22.9 Å². The summed E-state index contributed by atoms with van der Waals surface area (Å²) in [4.78, 5) is 4.67. The van der Waals surface area contributed by atoms with E-state index in [0.29, 0.717) is 5.02 Å². The SMILES string of the molecule is NC(N)=N/N=C\c1c(-c2ccc(Cl)cc2)nc2n1CCS2. The molecule has 0 amide bonds. The van der Waals surface area contributed by atoms with Crippen molar-refractivity contribution in [2.45, 2.75) is 11.7 Å². The summed E-state index contributed by atoms with van der Waals surface area (Å²) < 4.78 is 2.11. The Hall–Kier alpha value is -1.99. The van der Waals surface area contributed by atoms with E-state index in [1.165, 1.54) is 0 Å². The molecule has 108 valence electrons. The minimum absolute atomic E-state index is 0.0742. The van der Waals surface area contributed by atoms with Gasteiger partial charge in [-0.3, -0.25) is 0 Å². The van der Waals surface area contributed by atoms with Gasteiger partial charge in [-0.2, -0.15) is 5.10 Å². The van der Waals surface area contributed by atoms with Gasteiger partial charge in [0.25, 0.3) is 0 Å². The molecule has 0 spiro atoms. The van der Waals surface area contributed by atoms with Crippen LogP contribution < -0.4 is 11.5 Å². The highest BCUT2D eigenvalue weighted by atomic mass is 35.5. The first-order valence-corrected chi connectivity index (χ1v) is 7.63. The van der Waals surface area contributed by atoms with Crippen LogP contribution in [-0.2, 0) is 6.54 Å². The zero-order valence-corrected chi connectivity index (χ0v) is 12.6. The van der Waals surface area contributed by atoms with Gasteiger partial charge in [-0.15, -0.1) is 5.10 Å². The van der Waals surface area contributed by atoms with Gasteiger partial charge < -0.3 is 16.0 Å². The smallest absolute Gasteiger partial charge is 0.211 e. The average molecular weight is 321 g/mol. The first kappa shape index (κ1) is 14.0. The van der Waals surface area contributed by atoms with E-state index in [9.17, 15) is 0 Å². The van der Waals surface area contributed by atoms with Crippen molar-refractivity contribution in [2.24, 2.45) is 21.7 Å². The van der Waals surface area contributed by atoms with Gasteiger partial charge in [-0.25, -0.2) is 4.98 Å². The second kappa shape index (κ2) is 5.79. The number of nitrogens with two attached hydrogens (primary N) is 2. The van der Waals surface area contributed by atoms with Gasteiger partial charge in [0.15, 0.2) is 5.16 Å². The summed E-state index contributed by atoms with van der Waals surface area (Å²) in [7, 11) is 0. The second-order valence-electron chi connectivity index (χ2n) is 4.40. The minimum Gasteiger partial charge on any atom is -0.369 e. The van der Waals surface area contributed by atoms with Crippen LogP contribution in [0.2, 0.25) is 5.02 Å². The zero-order valence-electron chi connectivity index (χ0n) is 11.0. The number of imidazole rings is 1. The number of guanidine groups is 1. The van der Waals surface area contributed by atoms with Crippen LogP contribution in [0.4, 0.5) is 0 Å². The molecule has 0 saturated heterocycles. The summed E-state index contributed by atoms with van der Waals surface area (Å²) >= 11 is 7.65. The summed E-state index contributed by atoms with van der Waals surface area (Å²) in [6.07, 6.45) is 1.63. The second-order valence-corrected chi connectivity index (χ2v) is 5.90. The van der Waals surface area contributed by atoms with Crippen LogP contribution in [0.1, 0.15) is 5.69 Å². The van der Waals surface area contributed by atoms with Crippen molar-refractivity contribution < 1.29 is 0 Å². The third kappa shape index (κ3) is 2.88. The summed E-state index contributed by atoms with van der Waals surface area (Å²) in [6.45, 7) is 0.893. The van der Waals surface area contributed by atoms with Gasteiger partial charge in [0.05, 0.1) is 17.6 Å². The van der Waals surface area contributed by atoms with Crippen LogP contribution in [0.15, 0.2) is 39.6 Å². The summed E-state index contributed by atoms with van der Waals surface area (Å²) in [5, 5.41) is 9.23. The molecule has 0 unspecified atom stereocenters. The first-order chi connectivity index (χ1) is 10.1. The molecule has 1 aliphatic rings. The van der Waals surface area contributed by atoms with Gasteiger partial charge in [0.1, 0.15) is 0 Å². The number of fused-ring (bicyclic) bond motifs is 1. The molecule has 0 atom stereocenters. The monoisotopic (exact) mass is 320 g/mol. The maximum Gasteiger partial charge on any atom is 0.211 e. The molecular weight excluding hydrogens is 308 g/mol. The molecule has 0 bridgehead atoms. The molecule has 8 heteroatoms. The molecular formula is C13H13ClN6S. The Morgan fingerprint density at radius 3 is 2.81 bits per heavy atom. The highest BCUT2D eigenvalue weighted by molar-refractivity contribution is 7.99. The molecule has 0 fully saturated rings. The van der Waals surface area contributed by atoms with E-state index in [1.807, 2.05) is 24.3 Å². The predicted molar refractivity (Wildman–Crippen MR) is 86.8 cm³/mol. The Morgan fingerprint density at radius 2 is 2.10 bits per heavy atom. The van der Waals surface area contributed by atoms with E-state index in [-0.39, 0.29) is 5.96 Å². The normalized spacial score (nSPS) is 13.6. The third-order valence-electron chi connectivity index (χ3n) is 2.99. The fourth-order valence-electron chi connectivity index (χ4n) is 2.10. The number of thioether (sulfide) groups is 1. The molecule has 2 heterocycles. The van der Waals surface area contributed by atoms with Gasteiger partial charge in [-0.1, -0.05) is 35.5 Å². The van der Waals surface area contributed by atoms with E-state index in [0.717, 1.165) is 34.4 Å². The minimum atomic E-state index is -0.0742. The number of halogens is 1. The standard InChI is InChI=1S/C13H13ClN6S/c14-9-3-1-8(2-4-9)11-10(7-17-19-12(15)16)20-5-6-21-13(20)18-11/h1-4,7H,5-6H2,(H4,15,16,19)/b17-7-. The fraction of sp³-hybridized carbons (Fsp3) is 0.154. The van der Waals surface area contributed by atoms with Crippen molar-refractivity contribution in [1.29, 1.82) is 0 Å². The molecule has 4 N–H and O–H groups in total. The number of nitrogens with zero attached hydrogens (tertiary/aromatic N) is 4. The van der Waals surface area contributed by atoms with Crippen LogP contribution in [0.25, 0.3) is 11.3 Å². The topological polar surface area (TPSA) is 94.6 Å². The lowest BCUT2D eigenvalue weighted by Crippen LogP contribution is -2.21. The van der Waals surface area contributed by atoms with E-state index in [2.05, 4.69) is 19.8 Å². The first-order valence-electron chi connectivity index (χ1n) is 6.26. The number of benzene rings is 1. The van der Waals surface area contributed by atoms with Crippen molar-refractivity contribution in [3.05, 3.63) is 35.0 Å². The average Bonchev–Trinajstić information content (AvgIpc) is 3.01. The molecule has 3 rings (SSSR count). The quantitative estimate of drug-likeness (QED) is 0.513. The predicted octanol–water partition coefficient (Wildman–Crippen LogP) is 1.92. The van der Waals surface area contributed by atoms with Gasteiger partial charge in [-0.05, 0) is 12.1 Å². The molecule has 2 aromatic rings. The highest BCUT2D eigenvalue weighted by Crippen LogP contribution is 2.32. The van der Waals surface area contributed by atoms with E-state index in [1.54, 1.807) is 18.0 Å². The summed E-state index contributed by atoms with van der Waals surface area (Å²) in [6, 6.07) is 7.54. The number of hydrogen-bond acceptors (Lipinski definition) is 4. The Kier molecular flexibility index (Phi) is 3.85. The van der Waals surface area contributed by atoms with E-state index >= 15 is 0 Å².